The van der Waals surface area contributed by atoms with E-state index in [4.69, 9.17) is 13.9 Å². The molecule has 4 heterocycles. The monoisotopic (exact) mass is 597 g/mol. The summed E-state index contributed by atoms with van der Waals surface area (Å²) in [6.45, 7) is 5.49. The van der Waals surface area contributed by atoms with Gasteiger partial charge in [0.1, 0.15) is 24.2 Å². The second-order valence-corrected chi connectivity index (χ2v) is 11.5. The van der Waals surface area contributed by atoms with Gasteiger partial charge in [0.15, 0.2) is 12.2 Å². The number of pyridine rings is 1. The van der Waals surface area contributed by atoms with Crippen LogP contribution in [-0.4, -0.2) is 75.7 Å². The minimum atomic E-state index is -0.669. The molecule has 44 heavy (non-hydrogen) atoms. The number of hydrogen-bond donors (Lipinski definition) is 2. The first-order chi connectivity index (χ1) is 21.6. The summed E-state index contributed by atoms with van der Waals surface area (Å²) in [7, 11) is 0. The van der Waals surface area contributed by atoms with E-state index in [-0.39, 0.29) is 18.6 Å². The highest BCUT2D eigenvalue weighted by atomic mass is 16.5. The molecule has 2 aromatic heterocycles. The Bertz CT molecular complexity index is 1470. The molecular formula is C34H39N5O5. The van der Waals surface area contributed by atoms with E-state index in [1.54, 1.807) is 18.3 Å². The number of aliphatic hydroxyl groups is 1. The highest BCUT2D eigenvalue weighted by Gasteiger charge is 2.22. The predicted molar refractivity (Wildman–Crippen MR) is 164 cm³/mol. The minimum Gasteiger partial charge on any atom is -0.490 e. The first-order valence-corrected chi connectivity index (χ1v) is 15.3. The number of rotatable bonds is 12. The number of aliphatic hydroxyl groups excluding tert-OH is 1. The maximum absolute atomic E-state index is 12.7. The van der Waals surface area contributed by atoms with Crippen molar-refractivity contribution in [2.45, 2.75) is 51.2 Å². The highest BCUT2D eigenvalue weighted by Crippen LogP contribution is 2.25. The summed E-state index contributed by atoms with van der Waals surface area (Å²) in [5, 5.41) is 13.5. The number of amides is 1. The molecule has 1 fully saturated rings. The molecule has 0 radical (unpaired) electrons. The molecule has 2 aromatic carbocycles. The van der Waals surface area contributed by atoms with Crippen LogP contribution in [0, 0.1) is 0 Å². The van der Waals surface area contributed by atoms with Gasteiger partial charge in [-0.1, -0.05) is 6.07 Å². The van der Waals surface area contributed by atoms with Crippen molar-refractivity contribution in [3.05, 3.63) is 108 Å². The highest BCUT2D eigenvalue weighted by molar-refractivity contribution is 5.94. The molecule has 4 aromatic rings. The Morgan fingerprint density at radius 3 is 2.55 bits per heavy atom. The lowest BCUT2D eigenvalue weighted by Gasteiger charge is -2.32. The van der Waals surface area contributed by atoms with Crippen LogP contribution in [0.1, 0.15) is 45.7 Å². The van der Waals surface area contributed by atoms with Crippen LogP contribution >= 0.6 is 0 Å². The van der Waals surface area contributed by atoms with E-state index in [0.29, 0.717) is 24.5 Å². The smallest absolute Gasteiger partial charge is 0.251 e. The Kier molecular flexibility index (Phi) is 9.81. The van der Waals surface area contributed by atoms with Gasteiger partial charge in [0.2, 0.25) is 0 Å². The zero-order valence-corrected chi connectivity index (χ0v) is 24.8. The molecule has 10 nitrogen and oxygen atoms in total. The maximum atomic E-state index is 12.7. The lowest BCUT2D eigenvalue weighted by Crippen LogP contribution is -2.42. The molecule has 1 atom stereocenters. The van der Waals surface area contributed by atoms with Crippen LogP contribution in [0.4, 0.5) is 0 Å². The Hall–Kier alpha value is -4.25. The van der Waals surface area contributed by atoms with E-state index >= 15 is 0 Å². The quantitative estimate of drug-likeness (QED) is 0.252. The third-order valence-corrected chi connectivity index (χ3v) is 8.21. The van der Waals surface area contributed by atoms with Gasteiger partial charge in [0, 0.05) is 63.8 Å². The number of piperidine rings is 1. The number of carbonyl (C=O) groups is 1. The number of ether oxygens (including phenoxy) is 2. The van der Waals surface area contributed by atoms with E-state index in [1.807, 2.05) is 30.6 Å². The zero-order valence-electron chi connectivity index (χ0n) is 24.8. The Morgan fingerprint density at radius 1 is 0.977 bits per heavy atom. The largest absolute Gasteiger partial charge is 0.490 e. The van der Waals surface area contributed by atoms with Gasteiger partial charge in [0.05, 0.1) is 12.3 Å². The first-order valence-electron chi connectivity index (χ1n) is 15.3. The van der Waals surface area contributed by atoms with Gasteiger partial charge in [-0.3, -0.25) is 19.6 Å². The van der Waals surface area contributed by atoms with E-state index in [1.165, 1.54) is 23.1 Å². The first kappa shape index (κ1) is 29.8. The molecule has 0 saturated carbocycles. The van der Waals surface area contributed by atoms with Gasteiger partial charge in [-0.15, -0.1) is 0 Å². The summed E-state index contributed by atoms with van der Waals surface area (Å²) in [6.07, 6.45) is 9.01. The Morgan fingerprint density at radius 2 is 1.77 bits per heavy atom. The van der Waals surface area contributed by atoms with Crippen LogP contribution < -0.4 is 14.8 Å². The molecule has 230 valence electrons. The van der Waals surface area contributed by atoms with Crippen molar-refractivity contribution in [1.29, 1.82) is 0 Å². The van der Waals surface area contributed by atoms with Gasteiger partial charge >= 0.3 is 0 Å². The summed E-state index contributed by atoms with van der Waals surface area (Å²) in [6, 6.07) is 17.5. The fourth-order valence-electron chi connectivity index (χ4n) is 5.79. The molecule has 2 aliphatic heterocycles. The minimum absolute atomic E-state index is 0.167. The molecule has 1 unspecified atom stereocenters. The summed E-state index contributed by atoms with van der Waals surface area (Å²) < 4.78 is 17.2. The number of β-amino-alcohol motifs (C(OH)–C–C–N with tert-alkyl or cyclic N) is 1. The number of hydrogen-bond acceptors (Lipinski definition) is 9. The molecule has 0 spiro atoms. The van der Waals surface area contributed by atoms with Crippen LogP contribution in [-0.2, 0) is 26.1 Å². The van der Waals surface area contributed by atoms with Gasteiger partial charge in [-0.05, 0) is 84.5 Å². The van der Waals surface area contributed by atoms with Gasteiger partial charge in [-0.25, -0.2) is 4.98 Å². The van der Waals surface area contributed by atoms with Crippen molar-refractivity contribution in [3.8, 4) is 11.5 Å². The SMILES string of the molecule is O=C(NCC(O)CN1CCc2cc(OCc3cnco3)ccc2C1)c1ccc(OC2CCN(Cc3ccncc3)CC2)cc1. The molecule has 10 heteroatoms. The van der Waals surface area contributed by atoms with Crippen molar-refractivity contribution in [2.24, 2.45) is 0 Å². The third-order valence-electron chi connectivity index (χ3n) is 8.21. The lowest BCUT2D eigenvalue weighted by molar-refractivity contribution is 0.0841. The average Bonchev–Trinajstić information content (AvgIpc) is 3.58. The fraction of sp³-hybridized carbons (Fsp3) is 0.382. The molecule has 0 aliphatic carbocycles. The molecule has 1 amide bonds. The number of aromatic nitrogens is 2. The number of carbonyl (C=O) groups excluding carboxylic acids is 1. The summed E-state index contributed by atoms with van der Waals surface area (Å²) >= 11 is 0. The van der Waals surface area contributed by atoms with Crippen LogP contribution in [0.3, 0.4) is 0 Å². The van der Waals surface area contributed by atoms with E-state index in [9.17, 15) is 9.90 Å². The van der Waals surface area contributed by atoms with Gasteiger partial charge in [0.25, 0.3) is 5.91 Å². The summed E-state index contributed by atoms with van der Waals surface area (Å²) in [4.78, 5) is 25.4. The Balaban J connectivity index is 0.895. The number of likely N-dealkylation sites (tertiary alicyclic amines) is 1. The molecule has 1 saturated heterocycles. The van der Waals surface area contributed by atoms with Crippen LogP contribution in [0.25, 0.3) is 0 Å². The molecule has 0 bridgehead atoms. The van der Waals surface area contributed by atoms with Crippen molar-refractivity contribution in [2.75, 3.05) is 32.7 Å². The Labute approximate surface area is 257 Å². The van der Waals surface area contributed by atoms with Crippen molar-refractivity contribution in [3.63, 3.8) is 0 Å². The number of fused-ring (bicyclic) bond motifs is 1. The number of benzene rings is 2. The average molecular weight is 598 g/mol. The maximum Gasteiger partial charge on any atom is 0.251 e. The molecular weight excluding hydrogens is 558 g/mol. The van der Waals surface area contributed by atoms with Crippen molar-refractivity contribution in [1.82, 2.24) is 25.1 Å². The van der Waals surface area contributed by atoms with E-state index in [2.05, 4.69) is 49.4 Å². The molecule has 2 aliphatic rings. The summed E-state index contributed by atoms with van der Waals surface area (Å²) in [5.41, 5.74) is 4.29. The third kappa shape index (κ3) is 8.22. The van der Waals surface area contributed by atoms with Gasteiger partial charge < -0.3 is 24.3 Å². The lowest BCUT2D eigenvalue weighted by atomic mass is 9.99. The van der Waals surface area contributed by atoms with E-state index in [0.717, 1.165) is 63.5 Å². The zero-order chi connectivity index (χ0) is 30.1. The second-order valence-electron chi connectivity index (χ2n) is 11.5. The van der Waals surface area contributed by atoms with Gasteiger partial charge in [-0.2, -0.15) is 0 Å². The number of nitrogens with zero attached hydrogens (tertiary/aromatic N) is 4. The van der Waals surface area contributed by atoms with Crippen molar-refractivity contribution >= 4 is 5.91 Å². The topological polar surface area (TPSA) is 113 Å². The van der Waals surface area contributed by atoms with Crippen LogP contribution in [0.5, 0.6) is 11.5 Å². The summed E-state index contributed by atoms with van der Waals surface area (Å²) in [5.74, 6) is 2.05. The van der Waals surface area contributed by atoms with Crippen LogP contribution in [0.2, 0.25) is 0 Å². The normalized spacial score (nSPS) is 16.7. The van der Waals surface area contributed by atoms with Crippen LogP contribution in [0.15, 0.2) is 84.0 Å². The molecule has 6 rings (SSSR count). The second kappa shape index (κ2) is 14.5. The fourth-order valence-corrected chi connectivity index (χ4v) is 5.79. The van der Waals surface area contributed by atoms with E-state index < -0.39 is 6.10 Å². The standard InChI is InChI=1S/C34H39N5O5/c40-29(22-39-14-9-27-17-32(6-3-28(27)21-39)42-23-33-19-36-24-43-33)18-37-34(41)26-1-4-30(5-2-26)44-31-10-15-38(16-11-31)20-25-7-12-35-13-8-25/h1-8,12-13,17,19,24,29,31,40H,9-11,14-16,18,20-23H2,(H,37,41). The molecule has 2 N–H and O–H groups in total. The van der Waals surface area contributed by atoms with Crippen molar-refractivity contribution < 1.29 is 23.8 Å². The number of oxazole rings is 1. The number of nitrogens with one attached hydrogen (secondary N) is 1. The predicted octanol–water partition coefficient (Wildman–Crippen LogP) is 3.84.